The molecule has 0 radical (unpaired) electrons. The molecule has 0 aromatic heterocycles. The normalized spacial score (nSPS) is 14.4. The van der Waals surface area contributed by atoms with Gasteiger partial charge in [0.1, 0.15) is 0 Å². The molecule has 258 valence electrons. The van der Waals surface area contributed by atoms with Crippen molar-refractivity contribution < 1.29 is 13.7 Å². The lowest BCUT2D eigenvalue weighted by molar-refractivity contribution is 1.65. The monoisotopic (exact) mass is 716 g/mol. The first kappa shape index (κ1) is 22.8. The van der Waals surface area contributed by atoms with Crippen LogP contribution in [-0.4, -0.2) is 0 Å². The average Bonchev–Trinajstić information content (AvgIpc) is 3.35. The van der Waals surface area contributed by atoms with Gasteiger partial charge in [0.25, 0.3) is 0 Å². The summed E-state index contributed by atoms with van der Waals surface area (Å²) in [5, 5.41) is 14.7. The summed E-state index contributed by atoms with van der Waals surface area (Å²) in [4.78, 5) is 0. The van der Waals surface area contributed by atoms with Crippen LogP contribution in [0.1, 0.15) is 13.7 Å². The molecule has 0 unspecified atom stereocenters. The van der Waals surface area contributed by atoms with E-state index < -0.39 is 12.1 Å². The second-order valence-electron chi connectivity index (χ2n) is 14.5. The molecule has 12 rings (SSSR count). The van der Waals surface area contributed by atoms with Crippen molar-refractivity contribution in [2.24, 2.45) is 0 Å². The predicted octanol–water partition coefficient (Wildman–Crippen LogP) is 15.9. The van der Waals surface area contributed by atoms with Crippen LogP contribution in [0.15, 0.2) is 206 Å². The summed E-state index contributed by atoms with van der Waals surface area (Å²) in [5.41, 5.74) is 5.79. The Morgan fingerprint density at radius 3 is 1.09 bits per heavy atom. The topological polar surface area (TPSA) is 0 Å². The summed E-state index contributed by atoms with van der Waals surface area (Å²) in [6.45, 7) is 0. The van der Waals surface area contributed by atoms with Gasteiger partial charge >= 0.3 is 0 Å². The van der Waals surface area contributed by atoms with Crippen molar-refractivity contribution in [3.05, 3.63) is 206 Å². The lowest BCUT2D eigenvalue weighted by Gasteiger charge is -2.19. The highest BCUT2D eigenvalue weighted by molar-refractivity contribution is 6.30. The van der Waals surface area contributed by atoms with E-state index in [9.17, 15) is 0 Å². The maximum atomic E-state index is 8.65. The largest absolute Gasteiger partial charge is 0.0629 e. The summed E-state index contributed by atoms with van der Waals surface area (Å²) < 4.78 is 84.0. The molecule has 12 aromatic carbocycles. The molecule has 0 bridgehead atoms. The van der Waals surface area contributed by atoms with Crippen LogP contribution in [0.2, 0.25) is 0 Å². The standard InChI is InChI=1S/C56H34/c1-3-11-35(12-4-1)39-19-21-41-33-53(45-17-9-7-15-43(45)51(41)31-39)47-27-23-37-26-30-50-48(28-24-38-25-29-49(47)55(37)56(38)50)54-34-42-22-20-40(36-13-5-2-6-14-36)32-52(42)44-16-8-10-18-46(44)54/h1-34H/i1D,2D,3D,4D,5D,6D,11D,12D,13D,14D. The minimum atomic E-state index is -0.412. The molecule has 0 N–H and O–H groups in total. The van der Waals surface area contributed by atoms with Gasteiger partial charge in [0.2, 0.25) is 0 Å². The lowest BCUT2D eigenvalue weighted by Crippen LogP contribution is -1.91. The van der Waals surface area contributed by atoms with Crippen molar-refractivity contribution in [2.45, 2.75) is 0 Å². The van der Waals surface area contributed by atoms with Crippen LogP contribution in [0.5, 0.6) is 0 Å². The Bertz CT molecular complexity index is 3790. The van der Waals surface area contributed by atoms with E-state index in [4.69, 9.17) is 13.7 Å². The van der Waals surface area contributed by atoms with Gasteiger partial charge in [-0.3, -0.25) is 0 Å². The third kappa shape index (κ3) is 4.66. The fraction of sp³-hybridized carbons (Fsp3) is 0. The van der Waals surface area contributed by atoms with Gasteiger partial charge in [0.15, 0.2) is 0 Å². The van der Waals surface area contributed by atoms with Gasteiger partial charge in [-0.05, 0) is 144 Å². The van der Waals surface area contributed by atoms with Crippen molar-refractivity contribution in [1.29, 1.82) is 0 Å². The van der Waals surface area contributed by atoms with Crippen molar-refractivity contribution >= 4 is 75.4 Å². The van der Waals surface area contributed by atoms with Gasteiger partial charge in [-0.2, -0.15) is 0 Å². The van der Waals surface area contributed by atoms with Gasteiger partial charge in [-0.15, -0.1) is 0 Å². The Morgan fingerprint density at radius 2 is 0.643 bits per heavy atom. The first-order valence-corrected chi connectivity index (χ1v) is 18.7. The SMILES string of the molecule is [2H]c1c([2H])c([2H])c(-c2ccc3cc(-c4ccc5ccc6c(-c7cc8ccc(-c9c([2H])c([2H])c([2H])c([2H])c9[2H])cc8c8ccccc78)ccc7ccc4c5c76)c4ccccc4c3c2)c([2H])c1[2H]. The molecule has 0 saturated heterocycles. The Kier molecular flexibility index (Phi) is 4.94. The molecule has 12 aromatic rings. The van der Waals surface area contributed by atoms with Crippen molar-refractivity contribution in [3.8, 4) is 44.5 Å². The van der Waals surface area contributed by atoms with Crippen LogP contribution in [0, 0.1) is 0 Å². The van der Waals surface area contributed by atoms with Crippen LogP contribution in [-0.2, 0) is 0 Å². The fourth-order valence-electron chi connectivity index (χ4n) is 9.02. The fourth-order valence-corrected chi connectivity index (χ4v) is 9.02. The quantitative estimate of drug-likeness (QED) is 0.159. The van der Waals surface area contributed by atoms with Gasteiger partial charge in [-0.1, -0.05) is 182 Å². The van der Waals surface area contributed by atoms with E-state index >= 15 is 0 Å². The van der Waals surface area contributed by atoms with Crippen molar-refractivity contribution in [2.75, 3.05) is 0 Å². The van der Waals surface area contributed by atoms with E-state index in [1.54, 1.807) is 0 Å². The minimum absolute atomic E-state index is 0.181. The maximum absolute atomic E-state index is 8.65. The van der Waals surface area contributed by atoms with Crippen LogP contribution >= 0.6 is 0 Å². The Hall–Kier alpha value is -7.28. The zero-order chi connectivity index (χ0) is 45.4. The Morgan fingerprint density at radius 1 is 0.250 bits per heavy atom. The van der Waals surface area contributed by atoms with Crippen LogP contribution in [0.4, 0.5) is 0 Å². The van der Waals surface area contributed by atoms with Gasteiger partial charge in [0.05, 0.1) is 13.7 Å². The first-order valence-electron chi connectivity index (χ1n) is 23.7. The van der Waals surface area contributed by atoms with E-state index in [1.165, 1.54) is 10.8 Å². The molecule has 0 atom stereocenters. The average molecular weight is 717 g/mol. The van der Waals surface area contributed by atoms with Gasteiger partial charge in [-0.25, -0.2) is 0 Å². The van der Waals surface area contributed by atoms with Crippen LogP contribution in [0.25, 0.3) is 120 Å². The van der Waals surface area contributed by atoms with E-state index in [2.05, 4.69) is 84.9 Å². The molecule has 0 heteroatoms. The summed E-state index contributed by atoms with van der Waals surface area (Å²) in [6.07, 6.45) is 0. The van der Waals surface area contributed by atoms with Crippen molar-refractivity contribution in [3.63, 3.8) is 0 Å². The highest BCUT2D eigenvalue weighted by atomic mass is 14.2. The smallest absolute Gasteiger partial charge is 0.0622 e. The van der Waals surface area contributed by atoms with Gasteiger partial charge in [0, 0.05) is 0 Å². The van der Waals surface area contributed by atoms with E-state index in [-0.39, 0.29) is 59.5 Å². The summed E-state index contributed by atoms with van der Waals surface area (Å²) >= 11 is 0. The summed E-state index contributed by atoms with van der Waals surface area (Å²) in [7, 11) is 0. The van der Waals surface area contributed by atoms with Crippen LogP contribution in [0.3, 0.4) is 0 Å². The van der Waals surface area contributed by atoms with E-state index in [1.807, 2.05) is 60.7 Å². The van der Waals surface area contributed by atoms with Crippen LogP contribution < -0.4 is 0 Å². The third-order valence-corrected chi connectivity index (χ3v) is 11.5. The minimum Gasteiger partial charge on any atom is -0.0622 e. The van der Waals surface area contributed by atoms with E-state index in [0.717, 1.165) is 86.9 Å². The number of hydrogen-bond donors (Lipinski definition) is 0. The van der Waals surface area contributed by atoms with Gasteiger partial charge < -0.3 is 0 Å². The zero-order valence-electron chi connectivity index (χ0n) is 39.9. The molecule has 0 spiro atoms. The molecule has 0 aliphatic heterocycles. The third-order valence-electron chi connectivity index (χ3n) is 11.5. The second-order valence-corrected chi connectivity index (χ2v) is 14.5. The summed E-state index contributed by atoms with van der Waals surface area (Å²) in [6, 6.07) is 46.9. The molecular weight excluding hydrogens is 673 g/mol. The number of fused-ring (bicyclic) bond motifs is 6. The highest BCUT2D eigenvalue weighted by Crippen LogP contribution is 2.46. The molecular formula is C56H34. The molecule has 0 aliphatic carbocycles. The number of benzene rings is 12. The molecule has 0 heterocycles. The molecule has 0 aliphatic rings. The van der Waals surface area contributed by atoms with Crippen molar-refractivity contribution in [1.82, 2.24) is 0 Å². The maximum Gasteiger partial charge on any atom is 0.0629 e. The lowest BCUT2D eigenvalue weighted by atomic mass is 9.84. The first-order chi connectivity index (χ1) is 31.9. The Labute approximate surface area is 338 Å². The number of rotatable bonds is 4. The number of hydrogen-bond acceptors (Lipinski definition) is 0. The van der Waals surface area contributed by atoms with E-state index in [0.29, 0.717) is 11.1 Å². The Balaban J connectivity index is 1.05. The molecule has 0 amide bonds. The molecule has 0 nitrogen and oxygen atoms in total. The highest BCUT2D eigenvalue weighted by Gasteiger charge is 2.19. The summed E-state index contributed by atoms with van der Waals surface area (Å²) in [5.74, 6) is 0. The molecule has 0 saturated carbocycles. The predicted molar refractivity (Wildman–Crippen MR) is 242 cm³/mol. The molecule has 0 fully saturated rings. The zero-order valence-corrected chi connectivity index (χ0v) is 29.9. The second kappa shape index (κ2) is 12.1. The molecule has 56 heavy (non-hydrogen) atoms.